The lowest BCUT2D eigenvalue weighted by molar-refractivity contribution is 1.29. The van der Waals surface area contributed by atoms with Crippen LogP contribution in [0, 0.1) is 0 Å². The van der Waals surface area contributed by atoms with Gasteiger partial charge in [-0.1, -0.05) is 127 Å². The van der Waals surface area contributed by atoms with Crippen LogP contribution in [0.4, 0.5) is 17.1 Å². The summed E-state index contributed by atoms with van der Waals surface area (Å²) in [6.07, 6.45) is 0. The van der Waals surface area contributed by atoms with Crippen LogP contribution >= 0.6 is 0 Å². The molecule has 0 saturated carbocycles. The molecule has 8 aromatic rings. The third-order valence-corrected chi connectivity index (χ3v) is 8.21. The summed E-state index contributed by atoms with van der Waals surface area (Å²) in [7, 11) is 0. The highest BCUT2D eigenvalue weighted by atomic mass is 15.1. The molecule has 1 nitrogen and oxygen atoms in total. The summed E-state index contributed by atoms with van der Waals surface area (Å²) >= 11 is 0. The topological polar surface area (TPSA) is 3.24 Å². The summed E-state index contributed by atoms with van der Waals surface area (Å²) in [5.74, 6) is 0. The Morgan fingerprint density at radius 3 is 1.68 bits per heavy atom. The first-order chi connectivity index (χ1) is 20.3. The fraction of sp³-hybridized carbons (Fsp3) is 0. The second-order valence-corrected chi connectivity index (χ2v) is 10.6. The Bertz CT molecular complexity index is 2180. The second kappa shape index (κ2) is 9.66. The van der Waals surface area contributed by atoms with E-state index in [1.54, 1.807) is 0 Å². The van der Waals surface area contributed by atoms with E-state index in [0.717, 1.165) is 17.1 Å². The van der Waals surface area contributed by atoms with Gasteiger partial charge in [0.2, 0.25) is 0 Å². The number of hydrogen-bond acceptors (Lipinski definition) is 1. The van der Waals surface area contributed by atoms with E-state index in [0.29, 0.717) is 0 Å². The van der Waals surface area contributed by atoms with Crippen molar-refractivity contribution >= 4 is 60.2 Å². The molecule has 0 N–H and O–H groups in total. The standard InChI is InChI=1S/C40H27N/c1-3-9-28(10-4-1)29-17-21-34(22-18-29)41(33-12-5-2-6-13-33)35-23-26-37-32(27-35)16-15-31-20-24-38-36-14-8-7-11-30(36)19-25-39(38)40(31)37/h1-27H. The van der Waals surface area contributed by atoms with Crippen molar-refractivity contribution in [3.05, 3.63) is 164 Å². The highest BCUT2D eigenvalue weighted by molar-refractivity contribution is 6.24. The van der Waals surface area contributed by atoms with Gasteiger partial charge >= 0.3 is 0 Å². The van der Waals surface area contributed by atoms with Crippen molar-refractivity contribution in [2.75, 3.05) is 4.90 Å². The first-order valence-corrected chi connectivity index (χ1v) is 14.1. The molecular weight excluding hydrogens is 494 g/mol. The third kappa shape index (κ3) is 4.02. The van der Waals surface area contributed by atoms with Crippen molar-refractivity contribution in [2.24, 2.45) is 0 Å². The highest BCUT2D eigenvalue weighted by Gasteiger charge is 2.15. The maximum absolute atomic E-state index is 2.34. The van der Waals surface area contributed by atoms with E-state index in [9.17, 15) is 0 Å². The van der Waals surface area contributed by atoms with Crippen molar-refractivity contribution in [2.45, 2.75) is 0 Å². The van der Waals surface area contributed by atoms with E-state index < -0.39 is 0 Å². The summed E-state index contributed by atoms with van der Waals surface area (Å²) in [6.45, 7) is 0. The van der Waals surface area contributed by atoms with Crippen LogP contribution in [0.25, 0.3) is 54.2 Å². The fourth-order valence-corrected chi connectivity index (χ4v) is 6.24. The molecule has 0 amide bonds. The van der Waals surface area contributed by atoms with Gasteiger partial charge < -0.3 is 4.90 Å². The first-order valence-electron chi connectivity index (χ1n) is 14.1. The maximum Gasteiger partial charge on any atom is 0.0468 e. The van der Waals surface area contributed by atoms with Crippen LogP contribution in [0.3, 0.4) is 0 Å². The Balaban J connectivity index is 1.30. The molecule has 0 heterocycles. The fourth-order valence-electron chi connectivity index (χ4n) is 6.24. The van der Waals surface area contributed by atoms with Crippen LogP contribution in [0.1, 0.15) is 0 Å². The zero-order valence-electron chi connectivity index (χ0n) is 22.5. The van der Waals surface area contributed by atoms with Gasteiger partial charge in [-0.05, 0) is 90.6 Å². The molecule has 0 aliphatic carbocycles. The molecule has 0 unspecified atom stereocenters. The average molecular weight is 522 g/mol. The molecule has 0 atom stereocenters. The van der Waals surface area contributed by atoms with Crippen molar-refractivity contribution in [1.29, 1.82) is 0 Å². The molecule has 0 aromatic heterocycles. The monoisotopic (exact) mass is 521 g/mol. The van der Waals surface area contributed by atoms with E-state index in [-0.39, 0.29) is 0 Å². The van der Waals surface area contributed by atoms with Crippen molar-refractivity contribution in [3.63, 3.8) is 0 Å². The van der Waals surface area contributed by atoms with Crippen LogP contribution in [-0.4, -0.2) is 0 Å². The molecule has 1 heteroatoms. The lowest BCUT2D eigenvalue weighted by Crippen LogP contribution is -2.09. The zero-order valence-corrected chi connectivity index (χ0v) is 22.5. The third-order valence-electron chi connectivity index (χ3n) is 8.21. The summed E-state index contributed by atoms with van der Waals surface area (Å²) in [5, 5.41) is 10.3. The van der Waals surface area contributed by atoms with Crippen molar-refractivity contribution < 1.29 is 0 Å². The van der Waals surface area contributed by atoms with Gasteiger partial charge in [0, 0.05) is 17.1 Å². The van der Waals surface area contributed by atoms with Crippen molar-refractivity contribution in [1.82, 2.24) is 0 Å². The molecule has 0 spiro atoms. The summed E-state index contributed by atoms with van der Waals surface area (Å²) in [4.78, 5) is 2.34. The quantitative estimate of drug-likeness (QED) is 0.208. The van der Waals surface area contributed by atoms with Gasteiger partial charge in [-0.2, -0.15) is 0 Å². The smallest absolute Gasteiger partial charge is 0.0468 e. The Morgan fingerprint density at radius 1 is 0.293 bits per heavy atom. The van der Waals surface area contributed by atoms with E-state index in [4.69, 9.17) is 0 Å². The number of hydrogen-bond donors (Lipinski definition) is 0. The number of para-hydroxylation sites is 1. The molecule has 8 rings (SSSR count). The maximum atomic E-state index is 2.34. The van der Waals surface area contributed by atoms with E-state index in [2.05, 4.69) is 169 Å². The highest BCUT2D eigenvalue weighted by Crippen LogP contribution is 2.40. The minimum Gasteiger partial charge on any atom is -0.310 e. The second-order valence-electron chi connectivity index (χ2n) is 10.6. The molecule has 0 aliphatic heterocycles. The number of fused-ring (bicyclic) bond motifs is 7. The normalized spacial score (nSPS) is 11.4. The van der Waals surface area contributed by atoms with E-state index in [1.165, 1.54) is 54.2 Å². The van der Waals surface area contributed by atoms with Gasteiger partial charge in [-0.15, -0.1) is 0 Å². The van der Waals surface area contributed by atoms with Crippen LogP contribution < -0.4 is 4.90 Å². The summed E-state index contributed by atoms with van der Waals surface area (Å²) in [5.41, 5.74) is 5.85. The molecule has 0 aliphatic rings. The Morgan fingerprint density at radius 2 is 0.854 bits per heavy atom. The van der Waals surface area contributed by atoms with Gasteiger partial charge in [0.25, 0.3) is 0 Å². The van der Waals surface area contributed by atoms with Crippen LogP contribution in [0.15, 0.2) is 164 Å². The molecule has 0 saturated heterocycles. The summed E-state index contributed by atoms with van der Waals surface area (Å²) in [6, 6.07) is 59.2. The van der Waals surface area contributed by atoms with Gasteiger partial charge in [0.15, 0.2) is 0 Å². The van der Waals surface area contributed by atoms with Crippen LogP contribution in [0.5, 0.6) is 0 Å². The lowest BCUT2D eigenvalue weighted by atomic mass is 9.93. The molecule has 0 fully saturated rings. The summed E-state index contributed by atoms with van der Waals surface area (Å²) < 4.78 is 0. The Kier molecular flexibility index (Phi) is 5.53. The van der Waals surface area contributed by atoms with Crippen molar-refractivity contribution in [3.8, 4) is 11.1 Å². The van der Waals surface area contributed by atoms with E-state index in [1.807, 2.05) is 0 Å². The molecule has 0 bridgehead atoms. The van der Waals surface area contributed by atoms with E-state index >= 15 is 0 Å². The van der Waals surface area contributed by atoms with Crippen LogP contribution in [0.2, 0.25) is 0 Å². The largest absolute Gasteiger partial charge is 0.310 e. The zero-order chi connectivity index (χ0) is 27.2. The van der Waals surface area contributed by atoms with Gasteiger partial charge in [-0.25, -0.2) is 0 Å². The minimum absolute atomic E-state index is 1.13. The predicted molar refractivity (Wildman–Crippen MR) is 177 cm³/mol. The SMILES string of the molecule is c1ccc(-c2ccc(N(c3ccccc3)c3ccc4c(ccc5ccc6c7ccccc7ccc6c54)c3)cc2)cc1. The molecule has 8 aromatic carbocycles. The Hall–Kier alpha value is -5.40. The number of benzene rings is 8. The molecular formula is C40H27N. The average Bonchev–Trinajstić information content (AvgIpc) is 3.05. The van der Waals surface area contributed by atoms with Gasteiger partial charge in [0.1, 0.15) is 0 Å². The first kappa shape index (κ1) is 23.5. The molecule has 41 heavy (non-hydrogen) atoms. The number of rotatable bonds is 4. The van der Waals surface area contributed by atoms with Gasteiger partial charge in [-0.3, -0.25) is 0 Å². The molecule has 192 valence electrons. The predicted octanol–water partition coefficient (Wildman–Crippen LogP) is 11.4. The molecule has 0 radical (unpaired) electrons. The van der Waals surface area contributed by atoms with Crippen LogP contribution in [-0.2, 0) is 0 Å². The lowest BCUT2D eigenvalue weighted by Gasteiger charge is -2.26. The number of nitrogens with zero attached hydrogens (tertiary/aromatic N) is 1. The minimum atomic E-state index is 1.13. The number of anilines is 3. The Labute approximate surface area is 239 Å². The van der Waals surface area contributed by atoms with Gasteiger partial charge in [0.05, 0.1) is 0 Å².